The summed E-state index contributed by atoms with van der Waals surface area (Å²) in [6, 6.07) is 2.04. The molecule has 2 atom stereocenters. The molecule has 0 bridgehead atoms. The summed E-state index contributed by atoms with van der Waals surface area (Å²) in [6.45, 7) is 0. The van der Waals surface area contributed by atoms with Crippen LogP contribution in [0.4, 0.5) is 4.39 Å². The van der Waals surface area contributed by atoms with Crippen LogP contribution in [-0.4, -0.2) is 11.2 Å². The second kappa shape index (κ2) is 5.72. The fourth-order valence-corrected chi connectivity index (χ4v) is 2.19. The molecule has 0 unspecified atom stereocenters. The highest BCUT2D eigenvalue weighted by Gasteiger charge is 2.36. The molecule has 0 saturated heterocycles. The lowest BCUT2D eigenvalue weighted by molar-refractivity contribution is 0.121. The summed E-state index contributed by atoms with van der Waals surface area (Å²) in [5.74, 6) is -0.481. The van der Waals surface area contributed by atoms with Crippen molar-refractivity contribution in [2.75, 3.05) is 0 Å². The van der Waals surface area contributed by atoms with Crippen molar-refractivity contribution in [1.29, 1.82) is 0 Å². The molecule has 1 aliphatic carbocycles. The fraction of sp³-hybridized carbons (Fsp3) is 0.455. The smallest absolute Gasteiger partial charge is 0.148 e. The first-order valence-corrected chi connectivity index (χ1v) is 5.85. The van der Waals surface area contributed by atoms with Crippen LogP contribution in [0.25, 0.3) is 0 Å². The molecule has 2 nitrogen and oxygen atoms in total. The number of halogens is 4. The summed E-state index contributed by atoms with van der Waals surface area (Å²) in [6.07, 6.45) is 1.09. The summed E-state index contributed by atoms with van der Waals surface area (Å²) in [5.41, 5.74) is 5.92. The first-order chi connectivity index (χ1) is 7.52. The predicted octanol–water partition coefficient (Wildman–Crippen LogP) is 3.33. The Morgan fingerprint density at radius 1 is 1.29 bits per heavy atom. The molecule has 0 aromatic heterocycles. The molecule has 1 aromatic carbocycles. The quantitative estimate of drug-likeness (QED) is 0.841. The van der Waals surface area contributed by atoms with Gasteiger partial charge in [-0.2, -0.15) is 0 Å². The molecule has 0 heterocycles. The molecule has 0 radical (unpaired) electrons. The number of nitrogens with two attached hydrogens (primary N) is 1. The summed E-state index contributed by atoms with van der Waals surface area (Å²) in [5, 5.41) is 10.0. The van der Waals surface area contributed by atoms with Crippen LogP contribution in [0.1, 0.15) is 24.4 Å². The number of aliphatic hydroxyl groups excluding tert-OH is 1. The maximum absolute atomic E-state index is 13.7. The minimum Gasteiger partial charge on any atom is -0.391 e. The highest BCUT2D eigenvalue weighted by Crippen LogP contribution is 2.40. The van der Waals surface area contributed by atoms with E-state index in [1.54, 1.807) is 0 Å². The Kier molecular flexibility index (Phi) is 5.05. The molecule has 1 aromatic rings. The summed E-state index contributed by atoms with van der Waals surface area (Å²) in [7, 11) is 0. The number of rotatable bonds is 3. The van der Waals surface area contributed by atoms with E-state index in [1.165, 1.54) is 12.1 Å². The van der Waals surface area contributed by atoms with Gasteiger partial charge in [0, 0.05) is 10.6 Å². The van der Waals surface area contributed by atoms with E-state index in [-0.39, 0.29) is 33.9 Å². The van der Waals surface area contributed by atoms with Crippen LogP contribution in [0.15, 0.2) is 12.1 Å². The lowest BCUT2D eigenvalue weighted by atomic mass is 9.98. The second-order valence-electron chi connectivity index (χ2n) is 4.11. The molecule has 0 amide bonds. The molecule has 1 fully saturated rings. The average molecular weight is 301 g/mol. The van der Waals surface area contributed by atoms with Gasteiger partial charge in [0.15, 0.2) is 0 Å². The van der Waals surface area contributed by atoms with Gasteiger partial charge in [-0.05, 0) is 30.9 Å². The van der Waals surface area contributed by atoms with Crippen LogP contribution in [-0.2, 0) is 0 Å². The molecule has 2 rings (SSSR count). The van der Waals surface area contributed by atoms with Gasteiger partial charge in [-0.15, -0.1) is 12.4 Å². The minimum atomic E-state index is -0.821. The van der Waals surface area contributed by atoms with Gasteiger partial charge in [0.05, 0.1) is 17.2 Å². The van der Waals surface area contributed by atoms with E-state index in [1.807, 2.05) is 0 Å². The Labute approximate surface area is 115 Å². The number of hydrogen-bond acceptors (Lipinski definition) is 2. The Hall–Kier alpha value is -0.0600. The third kappa shape index (κ3) is 3.04. The average Bonchev–Trinajstić information content (AvgIpc) is 3.06. The van der Waals surface area contributed by atoms with Crippen molar-refractivity contribution < 1.29 is 9.50 Å². The van der Waals surface area contributed by atoms with Gasteiger partial charge < -0.3 is 10.8 Å². The molecule has 6 heteroatoms. The molecule has 1 aliphatic rings. The third-order valence-electron chi connectivity index (χ3n) is 2.89. The molecular weight excluding hydrogens is 287 g/mol. The molecular formula is C11H13Cl3FNO. The molecule has 0 spiro atoms. The van der Waals surface area contributed by atoms with Gasteiger partial charge in [-0.1, -0.05) is 23.2 Å². The van der Waals surface area contributed by atoms with Gasteiger partial charge in [0.2, 0.25) is 0 Å². The summed E-state index contributed by atoms with van der Waals surface area (Å²) >= 11 is 11.5. The molecule has 17 heavy (non-hydrogen) atoms. The van der Waals surface area contributed by atoms with Crippen molar-refractivity contribution in [3.8, 4) is 0 Å². The van der Waals surface area contributed by atoms with Gasteiger partial charge in [0.25, 0.3) is 0 Å². The van der Waals surface area contributed by atoms with E-state index >= 15 is 0 Å². The minimum absolute atomic E-state index is 0. The SMILES string of the molecule is Cl.N[C@@H](c1c(Cl)ccc(Cl)c1F)[C@H](O)C1CC1. The second-order valence-corrected chi connectivity index (χ2v) is 4.93. The Bertz CT molecular complexity index is 412. The van der Waals surface area contributed by atoms with Crippen molar-refractivity contribution in [1.82, 2.24) is 0 Å². The predicted molar refractivity (Wildman–Crippen MR) is 69.3 cm³/mol. The zero-order chi connectivity index (χ0) is 11.9. The van der Waals surface area contributed by atoms with Gasteiger partial charge in [-0.3, -0.25) is 0 Å². The molecule has 0 aliphatic heterocycles. The highest BCUT2D eigenvalue weighted by atomic mass is 35.5. The van der Waals surface area contributed by atoms with Crippen LogP contribution in [0, 0.1) is 11.7 Å². The fourth-order valence-electron chi connectivity index (χ4n) is 1.75. The first-order valence-electron chi connectivity index (χ1n) is 5.09. The van der Waals surface area contributed by atoms with Crippen LogP contribution in [0.3, 0.4) is 0 Å². The van der Waals surface area contributed by atoms with Crippen molar-refractivity contribution in [3.05, 3.63) is 33.6 Å². The highest BCUT2D eigenvalue weighted by molar-refractivity contribution is 6.33. The summed E-state index contributed by atoms with van der Waals surface area (Å²) in [4.78, 5) is 0. The lowest BCUT2D eigenvalue weighted by Gasteiger charge is -2.20. The van der Waals surface area contributed by atoms with E-state index in [2.05, 4.69) is 0 Å². The van der Waals surface area contributed by atoms with Crippen molar-refractivity contribution >= 4 is 35.6 Å². The van der Waals surface area contributed by atoms with Crippen LogP contribution < -0.4 is 5.73 Å². The number of hydrogen-bond donors (Lipinski definition) is 2. The maximum atomic E-state index is 13.7. The number of benzene rings is 1. The summed E-state index contributed by atoms with van der Waals surface area (Å²) < 4.78 is 13.7. The monoisotopic (exact) mass is 299 g/mol. The molecule has 1 saturated carbocycles. The molecule has 96 valence electrons. The van der Waals surface area contributed by atoms with Crippen LogP contribution >= 0.6 is 35.6 Å². The van der Waals surface area contributed by atoms with E-state index in [4.69, 9.17) is 28.9 Å². The van der Waals surface area contributed by atoms with E-state index in [0.29, 0.717) is 0 Å². The number of aliphatic hydroxyl groups is 1. The van der Waals surface area contributed by atoms with Crippen LogP contribution in [0.2, 0.25) is 10.0 Å². The zero-order valence-electron chi connectivity index (χ0n) is 8.87. The Balaban J connectivity index is 0.00000144. The van der Waals surface area contributed by atoms with Crippen molar-refractivity contribution in [2.45, 2.75) is 25.0 Å². The zero-order valence-corrected chi connectivity index (χ0v) is 11.2. The van der Waals surface area contributed by atoms with Gasteiger partial charge in [-0.25, -0.2) is 4.39 Å². The van der Waals surface area contributed by atoms with E-state index < -0.39 is 18.0 Å². The van der Waals surface area contributed by atoms with E-state index in [0.717, 1.165) is 12.8 Å². The normalized spacial score (nSPS) is 18.4. The van der Waals surface area contributed by atoms with Crippen LogP contribution in [0.5, 0.6) is 0 Å². The molecule has 3 N–H and O–H groups in total. The standard InChI is InChI=1S/C11H12Cl2FNO.ClH/c12-6-3-4-7(13)9(14)8(6)10(15)11(16)5-1-2-5;/h3-5,10-11,16H,1-2,15H2;1H/t10-,11+;/m0./s1. The largest absolute Gasteiger partial charge is 0.391 e. The van der Waals surface area contributed by atoms with Gasteiger partial charge >= 0.3 is 0 Å². The maximum Gasteiger partial charge on any atom is 0.148 e. The first kappa shape index (κ1) is 15.0. The topological polar surface area (TPSA) is 46.2 Å². The lowest BCUT2D eigenvalue weighted by Crippen LogP contribution is -2.29. The Morgan fingerprint density at radius 2 is 1.82 bits per heavy atom. The van der Waals surface area contributed by atoms with Crippen molar-refractivity contribution in [3.63, 3.8) is 0 Å². The van der Waals surface area contributed by atoms with E-state index in [9.17, 15) is 9.50 Å². The third-order valence-corrected chi connectivity index (χ3v) is 3.51. The van der Waals surface area contributed by atoms with Crippen molar-refractivity contribution in [2.24, 2.45) is 11.7 Å². The Morgan fingerprint density at radius 3 is 2.35 bits per heavy atom. The van der Waals surface area contributed by atoms with Gasteiger partial charge in [0.1, 0.15) is 5.82 Å².